The molecule has 0 fully saturated rings. The summed E-state index contributed by atoms with van der Waals surface area (Å²) in [7, 11) is 0. The molecule has 0 aliphatic heterocycles. The molecule has 0 saturated carbocycles. The highest BCUT2D eigenvalue weighted by atomic mass is 79.9. The quantitative estimate of drug-likeness (QED) is 0.636. The Kier molecular flexibility index (Phi) is 5.20. The van der Waals surface area contributed by atoms with Gasteiger partial charge in [-0.25, -0.2) is 4.39 Å². The Morgan fingerprint density at radius 2 is 2.14 bits per heavy atom. The van der Waals surface area contributed by atoms with Crippen molar-refractivity contribution in [3.05, 3.63) is 51.4 Å². The predicted molar refractivity (Wildman–Crippen MR) is 88.6 cm³/mol. The number of aryl methyl sites for hydroxylation is 1. The first-order chi connectivity index (χ1) is 10.4. The van der Waals surface area contributed by atoms with E-state index in [1.165, 1.54) is 25.1 Å². The Balaban J connectivity index is 2.15. The summed E-state index contributed by atoms with van der Waals surface area (Å²) in [5.41, 5.74) is 1.27. The largest absolute Gasteiger partial charge is 0.312 e. The van der Waals surface area contributed by atoms with Gasteiger partial charge in [0.2, 0.25) is 5.91 Å². The smallest absolute Gasteiger partial charge is 0.249 e. The van der Waals surface area contributed by atoms with E-state index in [9.17, 15) is 14.0 Å². The fourth-order valence-corrected chi connectivity index (χ4v) is 3.06. The van der Waals surface area contributed by atoms with Crippen LogP contribution in [0.3, 0.4) is 0 Å². The van der Waals surface area contributed by atoms with Crippen molar-refractivity contribution in [3.63, 3.8) is 0 Å². The molecule has 2 rings (SSSR count). The molecule has 0 atom stereocenters. The SMILES string of the molecule is CC(=O)c1c(C)nsc1NC(=O)/C=C\c1cc(Br)ccc1F. The summed E-state index contributed by atoms with van der Waals surface area (Å²) in [5.74, 6) is -1.04. The molecule has 4 nitrogen and oxygen atoms in total. The van der Waals surface area contributed by atoms with E-state index < -0.39 is 11.7 Å². The van der Waals surface area contributed by atoms with Crippen LogP contribution in [0.15, 0.2) is 28.7 Å². The average molecular weight is 383 g/mol. The topological polar surface area (TPSA) is 59.1 Å². The van der Waals surface area contributed by atoms with Crippen LogP contribution in [-0.4, -0.2) is 16.1 Å². The molecule has 0 spiro atoms. The first-order valence-electron chi connectivity index (χ1n) is 6.30. The Morgan fingerprint density at radius 1 is 1.41 bits per heavy atom. The molecule has 0 unspecified atom stereocenters. The number of aromatic nitrogens is 1. The van der Waals surface area contributed by atoms with Crippen LogP contribution in [-0.2, 0) is 4.79 Å². The van der Waals surface area contributed by atoms with Crippen LogP contribution in [0, 0.1) is 12.7 Å². The van der Waals surface area contributed by atoms with E-state index >= 15 is 0 Å². The number of nitrogens with zero attached hydrogens (tertiary/aromatic N) is 1. The van der Waals surface area contributed by atoms with Crippen LogP contribution < -0.4 is 5.32 Å². The van der Waals surface area contributed by atoms with Crippen molar-refractivity contribution in [2.75, 3.05) is 5.32 Å². The standard InChI is InChI=1S/C15H12BrFN2O2S/c1-8-14(9(2)20)15(22-19-8)18-13(21)6-3-10-7-11(16)4-5-12(10)17/h3-7H,1-2H3,(H,18,21)/b6-3-. The summed E-state index contributed by atoms with van der Waals surface area (Å²) in [5, 5.41) is 2.99. The number of carbonyl (C=O) groups is 2. The van der Waals surface area contributed by atoms with Crippen molar-refractivity contribution in [1.82, 2.24) is 4.37 Å². The second kappa shape index (κ2) is 6.93. The van der Waals surface area contributed by atoms with E-state index in [1.807, 2.05) is 0 Å². The lowest BCUT2D eigenvalue weighted by Gasteiger charge is -2.01. The van der Waals surface area contributed by atoms with E-state index in [-0.39, 0.29) is 11.3 Å². The number of Topliss-reactive ketones (excluding diaryl/α,β-unsaturated/α-hetero) is 1. The second-order valence-electron chi connectivity index (χ2n) is 4.52. The maximum Gasteiger partial charge on any atom is 0.249 e. The fraction of sp³-hybridized carbons (Fsp3) is 0.133. The number of ketones is 1. The van der Waals surface area contributed by atoms with E-state index in [1.54, 1.807) is 19.1 Å². The third-order valence-electron chi connectivity index (χ3n) is 2.82. The highest BCUT2D eigenvalue weighted by Crippen LogP contribution is 2.25. The predicted octanol–water partition coefficient (Wildman–Crippen LogP) is 4.21. The van der Waals surface area contributed by atoms with Crippen molar-refractivity contribution in [2.24, 2.45) is 0 Å². The molecule has 22 heavy (non-hydrogen) atoms. The zero-order valence-corrected chi connectivity index (χ0v) is 14.2. The van der Waals surface area contributed by atoms with Crippen molar-refractivity contribution >= 4 is 50.2 Å². The maximum absolute atomic E-state index is 13.6. The number of carbonyl (C=O) groups excluding carboxylic acids is 2. The number of hydrogen-bond donors (Lipinski definition) is 1. The van der Waals surface area contributed by atoms with E-state index in [2.05, 4.69) is 25.6 Å². The zero-order valence-electron chi connectivity index (χ0n) is 11.8. The summed E-state index contributed by atoms with van der Waals surface area (Å²) in [6.07, 6.45) is 2.58. The minimum absolute atomic E-state index is 0.163. The van der Waals surface area contributed by atoms with Crippen LogP contribution in [0.4, 0.5) is 9.39 Å². The lowest BCUT2D eigenvalue weighted by atomic mass is 10.2. The van der Waals surface area contributed by atoms with Crippen molar-refractivity contribution in [2.45, 2.75) is 13.8 Å². The molecular weight excluding hydrogens is 371 g/mol. The number of halogens is 2. The molecule has 7 heteroatoms. The third kappa shape index (κ3) is 3.86. The summed E-state index contributed by atoms with van der Waals surface area (Å²) >= 11 is 4.28. The van der Waals surface area contributed by atoms with Gasteiger partial charge in [-0.3, -0.25) is 9.59 Å². The normalized spacial score (nSPS) is 10.9. The molecule has 0 radical (unpaired) electrons. The first kappa shape index (κ1) is 16.5. The van der Waals surface area contributed by atoms with E-state index in [0.717, 1.165) is 11.5 Å². The second-order valence-corrected chi connectivity index (χ2v) is 6.21. The number of benzene rings is 1. The van der Waals surface area contributed by atoms with E-state index in [0.29, 0.717) is 20.7 Å². The van der Waals surface area contributed by atoms with Crippen molar-refractivity contribution < 1.29 is 14.0 Å². The third-order valence-corrected chi connectivity index (χ3v) is 4.17. The Bertz CT molecular complexity index is 771. The molecule has 114 valence electrons. The summed E-state index contributed by atoms with van der Waals surface area (Å²) < 4.78 is 18.3. The van der Waals surface area contributed by atoms with Gasteiger partial charge in [-0.1, -0.05) is 15.9 Å². The monoisotopic (exact) mass is 382 g/mol. The number of amides is 1. The average Bonchev–Trinajstić information content (AvgIpc) is 2.80. The lowest BCUT2D eigenvalue weighted by molar-refractivity contribution is -0.111. The minimum Gasteiger partial charge on any atom is -0.312 e. The van der Waals surface area contributed by atoms with Gasteiger partial charge in [0.1, 0.15) is 10.8 Å². The zero-order chi connectivity index (χ0) is 16.3. The molecule has 1 aromatic heterocycles. The molecule has 0 aliphatic carbocycles. The van der Waals surface area contributed by atoms with Gasteiger partial charge in [-0.2, -0.15) is 4.37 Å². The first-order valence-corrected chi connectivity index (χ1v) is 7.86. The molecule has 0 aliphatic rings. The number of hydrogen-bond acceptors (Lipinski definition) is 4. The van der Waals surface area contributed by atoms with Crippen LogP contribution in [0.1, 0.15) is 28.5 Å². The highest BCUT2D eigenvalue weighted by molar-refractivity contribution is 9.10. The van der Waals surface area contributed by atoms with Crippen molar-refractivity contribution in [1.29, 1.82) is 0 Å². The molecule has 2 aromatic rings. The van der Waals surface area contributed by atoms with Gasteiger partial charge < -0.3 is 5.32 Å². The van der Waals surface area contributed by atoms with Crippen LogP contribution >= 0.6 is 27.5 Å². The van der Waals surface area contributed by atoms with Gasteiger partial charge in [-0.05, 0) is 49.7 Å². The van der Waals surface area contributed by atoms with Crippen LogP contribution in [0.2, 0.25) is 0 Å². The molecular formula is C15H12BrFN2O2S. The van der Waals surface area contributed by atoms with Gasteiger partial charge in [0.05, 0.1) is 11.3 Å². The summed E-state index contributed by atoms with van der Waals surface area (Å²) in [4.78, 5) is 23.4. The van der Waals surface area contributed by atoms with Crippen LogP contribution in [0.25, 0.3) is 6.08 Å². The van der Waals surface area contributed by atoms with Crippen LogP contribution in [0.5, 0.6) is 0 Å². The number of rotatable bonds is 4. The van der Waals surface area contributed by atoms with Gasteiger partial charge in [0, 0.05) is 16.1 Å². The summed E-state index contributed by atoms with van der Waals surface area (Å²) in [6, 6.07) is 4.45. The fourth-order valence-electron chi connectivity index (χ4n) is 1.83. The Hall–Kier alpha value is -1.86. The molecule has 1 N–H and O–H groups in total. The molecule has 1 aromatic carbocycles. The molecule has 0 saturated heterocycles. The molecule has 1 amide bonds. The highest BCUT2D eigenvalue weighted by Gasteiger charge is 2.15. The summed E-state index contributed by atoms with van der Waals surface area (Å²) in [6.45, 7) is 3.12. The lowest BCUT2D eigenvalue weighted by Crippen LogP contribution is -2.09. The Labute approximate surface area is 139 Å². The molecule has 0 bridgehead atoms. The van der Waals surface area contributed by atoms with Gasteiger partial charge in [0.15, 0.2) is 5.78 Å². The van der Waals surface area contributed by atoms with Gasteiger partial charge >= 0.3 is 0 Å². The maximum atomic E-state index is 13.6. The van der Waals surface area contributed by atoms with Gasteiger partial charge in [-0.15, -0.1) is 0 Å². The molecule has 1 heterocycles. The Morgan fingerprint density at radius 3 is 2.82 bits per heavy atom. The number of nitrogens with one attached hydrogen (secondary N) is 1. The van der Waals surface area contributed by atoms with Gasteiger partial charge in [0.25, 0.3) is 0 Å². The number of anilines is 1. The van der Waals surface area contributed by atoms with Crippen molar-refractivity contribution in [3.8, 4) is 0 Å². The van der Waals surface area contributed by atoms with E-state index in [4.69, 9.17) is 0 Å². The minimum atomic E-state index is -0.453.